The molecule has 0 radical (unpaired) electrons. The van der Waals surface area contributed by atoms with Crippen molar-refractivity contribution in [1.29, 1.82) is 0 Å². The minimum atomic E-state index is 0.362. The molecule has 1 saturated heterocycles. The highest BCUT2D eigenvalue weighted by atomic mass is 16.5. The first kappa shape index (κ1) is 14.6. The summed E-state index contributed by atoms with van der Waals surface area (Å²) in [5.41, 5.74) is 1.24. The molecule has 0 aliphatic carbocycles. The maximum Gasteiger partial charge on any atom is 0.0950 e. The Morgan fingerprint density at radius 3 is 3.05 bits per heavy atom. The van der Waals surface area contributed by atoms with Crippen molar-refractivity contribution in [2.24, 2.45) is 5.92 Å². The van der Waals surface area contributed by atoms with Crippen LogP contribution in [0.5, 0.6) is 0 Å². The second kappa shape index (κ2) is 7.68. The van der Waals surface area contributed by atoms with E-state index in [9.17, 15) is 0 Å². The van der Waals surface area contributed by atoms with Gasteiger partial charge in [0.05, 0.1) is 19.1 Å². The van der Waals surface area contributed by atoms with E-state index in [0.717, 1.165) is 39.0 Å². The van der Waals surface area contributed by atoms with Crippen LogP contribution >= 0.6 is 0 Å². The number of nitrogens with one attached hydrogen (secondary N) is 2. The van der Waals surface area contributed by atoms with Gasteiger partial charge in [-0.15, -0.1) is 0 Å². The Labute approximate surface area is 115 Å². The molecule has 2 heterocycles. The zero-order chi connectivity index (χ0) is 13.5. The normalized spacial score (nSPS) is 25.4. The molecular weight excluding hydrogens is 240 g/mol. The van der Waals surface area contributed by atoms with Crippen LogP contribution in [0, 0.1) is 5.92 Å². The van der Waals surface area contributed by atoms with Gasteiger partial charge < -0.3 is 19.8 Å². The van der Waals surface area contributed by atoms with Crippen molar-refractivity contribution in [3.05, 3.63) is 24.2 Å². The molecule has 1 aliphatic rings. The third-order valence-electron chi connectivity index (χ3n) is 3.97. The fourth-order valence-electron chi connectivity index (χ4n) is 2.84. The highest BCUT2D eigenvalue weighted by Gasteiger charge is 2.27. The predicted octanol–water partition coefficient (Wildman–Crippen LogP) is 2.33. The van der Waals surface area contributed by atoms with E-state index in [0.29, 0.717) is 18.0 Å². The van der Waals surface area contributed by atoms with Crippen molar-refractivity contribution in [3.63, 3.8) is 0 Å². The fraction of sp³-hybridized carbons (Fsp3) is 0.733. The second-order valence-corrected chi connectivity index (χ2v) is 5.32. The van der Waals surface area contributed by atoms with Crippen molar-refractivity contribution in [1.82, 2.24) is 10.6 Å². The third kappa shape index (κ3) is 4.06. The molecule has 2 rings (SSSR count). The van der Waals surface area contributed by atoms with Crippen molar-refractivity contribution in [2.75, 3.05) is 26.8 Å². The van der Waals surface area contributed by atoms with E-state index < -0.39 is 0 Å². The van der Waals surface area contributed by atoms with Crippen LogP contribution in [-0.2, 0) is 4.74 Å². The van der Waals surface area contributed by atoms with Gasteiger partial charge in [-0.1, -0.05) is 6.92 Å². The van der Waals surface area contributed by atoms with Crippen LogP contribution in [-0.4, -0.2) is 32.8 Å². The molecule has 0 aromatic carbocycles. The molecule has 4 nitrogen and oxygen atoms in total. The van der Waals surface area contributed by atoms with Gasteiger partial charge in [0.15, 0.2) is 0 Å². The largest absolute Gasteiger partial charge is 0.472 e. The number of hydrogen-bond donors (Lipinski definition) is 2. The molecule has 0 spiro atoms. The quantitative estimate of drug-likeness (QED) is 0.795. The van der Waals surface area contributed by atoms with Gasteiger partial charge in [-0.3, -0.25) is 0 Å². The minimum Gasteiger partial charge on any atom is -0.472 e. The predicted molar refractivity (Wildman–Crippen MR) is 76.1 cm³/mol. The van der Waals surface area contributed by atoms with Crippen LogP contribution in [0.1, 0.15) is 37.8 Å². The molecule has 1 aromatic heterocycles. The summed E-state index contributed by atoms with van der Waals surface area (Å²) in [6.45, 7) is 4.96. The van der Waals surface area contributed by atoms with Crippen molar-refractivity contribution < 1.29 is 9.15 Å². The molecule has 0 amide bonds. The first-order chi connectivity index (χ1) is 9.35. The maximum atomic E-state index is 5.65. The third-order valence-corrected chi connectivity index (χ3v) is 3.97. The maximum absolute atomic E-state index is 5.65. The molecule has 0 saturated carbocycles. The van der Waals surface area contributed by atoms with E-state index in [4.69, 9.17) is 9.15 Å². The molecule has 1 aliphatic heterocycles. The smallest absolute Gasteiger partial charge is 0.0950 e. The summed E-state index contributed by atoms with van der Waals surface area (Å²) in [5, 5.41) is 7.05. The van der Waals surface area contributed by atoms with Crippen LogP contribution in [0.3, 0.4) is 0 Å². The van der Waals surface area contributed by atoms with Crippen LogP contribution in [0.2, 0.25) is 0 Å². The van der Waals surface area contributed by atoms with Gasteiger partial charge in [-0.05, 0) is 44.8 Å². The molecule has 19 heavy (non-hydrogen) atoms. The molecule has 3 unspecified atom stereocenters. The average molecular weight is 266 g/mol. The lowest BCUT2D eigenvalue weighted by Crippen LogP contribution is -2.42. The van der Waals surface area contributed by atoms with Crippen molar-refractivity contribution >= 4 is 0 Å². The monoisotopic (exact) mass is 266 g/mol. The lowest BCUT2D eigenvalue weighted by atomic mass is 9.88. The first-order valence-corrected chi connectivity index (χ1v) is 7.35. The molecule has 108 valence electrons. The molecule has 4 heteroatoms. The van der Waals surface area contributed by atoms with Gasteiger partial charge in [0.1, 0.15) is 0 Å². The SMILES string of the molecule is CCCNC(CC1COCCC1NC)c1ccoc1. The van der Waals surface area contributed by atoms with E-state index in [1.54, 1.807) is 6.26 Å². The number of ether oxygens (including phenoxy) is 1. The minimum absolute atomic E-state index is 0.362. The Balaban J connectivity index is 1.98. The topological polar surface area (TPSA) is 46.4 Å². The summed E-state index contributed by atoms with van der Waals surface area (Å²) < 4.78 is 10.9. The molecule has 3 atom stereocenters. The zero-order valence-corrected chi connectivity index (χ0v) is 12.0. The fourth-order valence-corrected chi connectivity index (χ4v) is 2.84. The average Bonchev–Trinajstić information content (AvgIpc) is 2.98. The molecule has 1 fully saturated rings. The van der Waals surface area contributed by atoms with E-state index in [1.165, 1.54) is 5.56 Å². The van der Waals surface area contributed by atoms with Crippen LogP contribution in [0.15, 0.2) is 23.0 Å². The summed E-state index contributed by atoms with van der Waals surface area (Å²) in [6, 6.07) is 2.98. The van der Waals surface area contributed by atoms with E-state index in [1.807, 2.05) is 6.26 Å². The first-order valence-electron chi connectivity index (χ1n) is 7.35. The van der Waals surface area contributed by atoms with Gasteiger partial charge >= 0.3 is 0 Å². The summed E-state index contributed by atoms with van der Waals surface area (Å²) in [4.78, 5) is 0. The Morgan fingerprint density at radius 1 is 1.47 bits per heavy atom. The van der Waals surface area contributed by atoms with E-state index in [2.05, 4.69) is 30.7 Å². The molecule has 2 N–H and O–H groups in total. The standard InChI is InChI=1S/C15H26N2O2/c1-3-6-17-15(12-4-7-18-10-12)9-13-11-19-8-5-14(13)16-2/h4,7,10,13-17H,3,5-6,8-9,11H2,1-2H3. The van der Waals surface area contributed by atoms with Crippen LogP contribution in [0.4, 0.5) is 0 Å². The van der Waals surface area contributed by atoms with Crippen LogP contribution < -0.4 is 10.6 Å². The van der Waals surface area contributed by atoms with Gasteiger partial charge in [0.2, 0.25) is 0 Å². The van der Waals surface area contributed by atoms with Gasteiger partial charge in [-0.2, -0.15) is 0 Å². The Bertz CT molecular complexity index is 340. The van der Waals surface area contributed by atoms with Gasteiger partial charge in [-0.25, -0.2) is 0 Å². The summed E-state index contributed by atoms with van der Waals surface area (Å²) >= 11 is 0. The Morgan fingerprint density at radius 2 is 2.37 bits per heavy atom. The molecular formula is C15H26N2O2. The van der Waals surface area contributed by atoms with Crippen molar-refractivity contribution in [2.45, 2.75) is 38.3 Å². The lowest BCUT2D eigenvalue weighted by Gasteiger charge is -2.33. The number of rotatable bonds is 7. The number of furan rings is 1. The highest BCUT2D eigenvalue weighted by Crippen LogP contribution is 2.27. The summed E-state index contributed by atoms with van der Waals surface area (Å²) in [6.07, 6.45) is 6.94. The van der Waals surface area contributed by atoms with Gasteiger partial charge in [0.25, 0.3) is 0 Å². The molecule has 0 bridgehead atoms. The molecule has 1 aromatic rings. The summed E-state index contributed by atoms with van der Waals surface area (Å²) in [5.74, 6) is 0.558. The zero-order valence-electron chi connectivity index (χ0n) is 12.0. The lowest BCUT2D eigenvalue weighted by molar-refractivity contribution is 0.0266. The number of hydrogen-bond acceptors (Lipinski definition) is 4. The second-order valence-electron chi connectivity index (χ2n) is 5.32. The van der Waals surface area contributed by atoms with E-state index in [-0.39, 0.29) is 0 Å². The van der Waals surface area contributed by atoms with E-state index >= 15 is 0 Å². The Hall–Kier alpha value is -0.840. The van der Waals surface area contributed by atoms with Gasteiger partial charge in [0, 0.05) is 24.3 Å². The van der Waals surface area contributed by atoms with Crippen LogP contribution in [0.25, 0.3) is 0 Å². The Kier molecular flexibility index (Phi) is 5.89. The highest BCUT2D eigenvalue weighted by molar-refractivity contribution is 5.12. The summed E-state index contributed by atoms with van der Waals surface area (Å²) in [7, 11) is 2.05. The van der Waals surface area contributed by atoms with Crippen molar-refractivity contribution in [3.8, 4) is 0 Å².